The highest BCUT2D eigenvalue weighted by Crippen LogP contribution is 2.33. The molecular formula is C33H31FN2O8S2. The standard InChI is InChI=1S/C33H31FN2O8S2/c1-42-33(37)28-16-15-27(34)21-30(28)44-31-20-26-17-18-36(45(38,39)22-24-10-4-2-5-11-24)32(26)35-29(31)14-8-9-19-43-46(40,41)23-25-12-6-3-7-13-25/h2-7,10-13,15-18,20-21H,8-9,14,19,22-23H2,1H3. The lowest BCUT2D eigenvalue weighted by Gasteiger charge is -2.15. The fourth-order valence-corrected chi connectivity index (χ4v) is 7.24. The molecule has 5 rings (SSSR count). The summed E-state index contributed by atoms with van der Waals surface area (Å²) in [7, 11) is -6.48. The zero-order chi connectivity index (χ0) is 32.7. The van der Waals surface area contributed by atoms with Crippen molar-refractivity contribution in [2.75, 3.05) is 13.7 Å². The number of benzene rings is 3. The lowest BCUT2D eigenvalue weighted by molar-refractivity contribution is 0.0597. The van der Waals surface area contributed by atoms with Gasteiger partial charge in [-0.05, 0) is 54.7 Å². The first-order valence-corrected chi connectivity index (χ1v) is 17.5. The lowest BCUT2D eigenvalue weighted by atomic mass is 10.1. The number of ether oxygens (including phenoxy) is 2. The maximum absolute atomic E-state index is 14.2. The molecule has 0 radical (unpaired) electrons. The van der Waals surface area contributed by atoms with Gasteiger partial charge in [-0.3, -0.25) is 4.18 Å². The molecule has 13 heteroatoms. The molecule has 5 aromatic rings. The monoisotopic (exact) mass is 666 g/mol. The normalized spacial score (nSPS) is 11.9. The minimum atomic E-state index is -3.87. The van der Waals surface area contributed by atoms with Gasteiger partial charge in [-0.1, -0.05) is 60.7 Å². The Labute approximate surface area is 266 Å². The van der Waals surface area contributed by atoms with E-state index in [2.05, 4.69) is 4.98 Å². The maximum atomic E-state index is 14.2. The zero-order valence-corrected chi connectivity index (χ0v) is 26.5. The Balaban J connectivity index is 1.41. The molecule has 0 atom stereocenters. The second-order valence-electron chi connectivity index (χ2n) is 10.4. The van der Waals surface area contributed by atoms with Crippen molar-refractivity contribution >= 4 is 37.1 Å². The van der Waals surface area contributed by atoms with Crippen molar-refractivity contribution < 1.29 is 39.7 Å². The summed E-state index contributed by atoms with van der Waals surface area (Å²) in [6, 6.07) is 23.9. The van der Waals surface area contributed by atoms with Crippen LogP contribution in [-0.4, -0.2) is 45.5 Å². The van der Waals surface area contributed by atoms with Gasteiger partial charge in [0.05, 0.1) is 25.2 Å². The van der Waals surface area contributed by atoms with E-state index in [1.54, 1.807) is 72.8 Å². The van der Waals surface area contributed by atoms with Gasteiger partial charge in [0.15, 0.2) is 5.65 Å². The maximum Gasteiger partial charge on any atom is 0.341 e. The Morgan fingerprint density at radius 1 is 0.826 bits per heavy atom. The van der Waals surface area contributed by atoms with Crippen molar-refractivity contribution in [1.29, 1.82) is 0 Å². The third kappa shape index (κ3) is 8.16. The predicted molar refractivity (Wildman–Crippen MR) is 170 cm³/mol. The fraction of sp³-hybridized carbons (Fsp3) is 0.212. The Bertz CT molecular complexity index is 2050. The molecule has 0 bridgehead atoms. The molecule has 0 spiro atoms. The third-order valence-corrected chi connectivity index (χ3v) is 9.79. The number of methoxy groups -OCH3 is 1. The summed E-state index contributed by atoms with van der Waals surface area (Å²) in [4.78, 5) is 17.0. The van der Waals surface area contributed by atoms with Crippen LogP contribution in [0.25, 0.3) is 11.0 Å². The first-order valence-electron chi connectivity index (χ1n) is 14.3. The number of halogens is 1. The number of unbranched alkanes of at least 4 members (excludes halogenated alkanes) is 1. The third-order valence-electron chi connectivity index (χ3n) is 6.99. The quantitative estimate of drug-likeness (QED) is 0.0795. The van der Waals surface area contributed by atoms with Gasteiger partial charge >= 0.3 is 5.97 Å². The molecule has 0 fully saturated rings. The summed E-state index contributed by atoms with van der Waals surface area (Å²) >= 11 is 0. The molecule has 0 aliphatic rings. The van der Waals surface area contributed by atoms with Crippen molar-refractivity contribution in [3.63, 3.8) is 0 Å². The van der Waals surface area contributed by atoms with E-state index < -0.39 is 31.9 Å². The number of aromatic nitrogens is 2. The molecule has 2 aromatic heterocycles. The smallest absolute Gasteiger partial charge is 0.341 e. The molecule has 240 valence electrons. The van der Waals surface area contributed by atoms with Crippen LogP contribution in [0.3, 0.4) is 0 Å². The Kier molecular flexibility index (Phi) is 10.1. The molecule has 0 saturated heterocycles. The van der Waals surface area contributed by atoms with Gasteiger partial charge in [0, 0.05) is 17.6 Å². The summed E-state index contributed by atoms with van der Waals surface area (Å²) in [5.41, 5.74) is 1.67. The van der Waals surface area contributed by atoms with E-state index in [1.165, 1.54) is 19.4 Å². The molecule has 0 aliphatic carbocycles. The van der Waals surface area contributed by atoms with Crippen LogP contribution in [0.15, 0.2) is 97.2 Å². The predicted octanol–water partition coefficient (Wildman–Crippen LogP) is 6.00. The number of hydrogen-bond acceptors (Lipinski definition) is 9. The van der Waals surface area contributed by atoms with Crippen LogP contribution < -0.4 is 4.74 Å². The van der Waals surface area contributed by atoms with Crippen molar-refractivity contribution in [2.24, 2.45) is 0 Å². The second kappa shape index (κ2) is 14.2. The zero-order valence-electron chi connectivity index (χ0n) is 24.8. The molecule has 0 N–H and O–H groups in total. The van der Waals surface area contributed by atoms with Crippen LogP contribution in [0.1, 0.15) is 40.0 Å². The summed E-state index contributed by atoms with van der Waals surface area (Å²) in [6.45, 7) is -0.0776. The number of esters is 1. The van der Waals surface area contributed by atoms with Crippen molar-refractivity contribution in [3.8, 4) is 11.5 Å². The molecular weight excluding hydrogens is 636 g/mol. The van der Waals surface area contributed by atoms with E-state index in [0.29, 0.717) is 35.0 Å². The number of carbonyl (C=O) groups excluding carboxylic acids is 1. The Morgan fingerprint density at radius 3 is 2.17 bits per heavy atom. The van der Waals surface area contributed by atoms with Crippen molar-refractivity contribution in [2.45, 2.75) is 30.8 Å². The SMILES string of the molecule is COC(=O)c1ccc(F)cc1Oc1cc2ccn(S(=O)(=O)Cc3ccccc3)c2nc1CCCCOS(=O)(=O)Cc1ccccc1. The first-order chi connectivity index (χ1) is 22.0. The van der Waals surface area contributed by atoms with E-state index in [1.807, 2.05) is 0 Å². The molecule has 0 unspecified atom stereocenters. The van der Waals surface area contributed by atoms with E-state index in [9.17, 15) is 26.0 Å². The van der Waals surface area contributed by atoms with Gasteiger partial charge in [0.25, 0.3) is 10.1 Å². The van der Waals surface area contributed by atoms with Gasteiger partial charge in [-0.15, -0.1) is 0 Å². The number of carbonyl (C=O) groups is 1. The van der Waals surface area contributed by atoms with Crippen molar-refractivity contribution in [1.82, 2.24) is 8.96 Å². The summed E-state index contributed by atoms with van der Waals surface area (Å²) in [5, 5.41) is 0.432. The highest BCUT2D eigenvalue weighted by atomic mass is 32.2. The van der Waals surface area contributed by atoms with Crippen LogP contribution in [0.2, 0.25) is 0 Å². The molecule has 0 saturated carbocycles. The highest BCUT2D eigenvalue weighted by molar-refractivity contribution is 7.89. The molecule has 2 heterocycles. The summed E-state index contributed by atoms with van der Waals surface area (Å²) < 4.78 is 83.0. The molecule has 10 nitrogen and oxygen atoms in total. The van der Waals surface area contributed by atoms with E-state index in [4.69, 9.17) is 13.7 Å². The van der Waals surface area contributed by atoms with Crippen molar-refractivity contribution in [3.05, 3.63) is 125 Å². The Morgan fingerprint density at radius 2 is 1.50 bits per heavy atom. The molecule has 46 heavy (non-hydrogen) atoms. The second-order valence-corrected chi connectivity index (χ2v) is 13.9. The lowest BCUT2D eigenvalue weighted by Crippen LogP contribution is -2.15. The Hall–Kier alpha value is -4.59. The average molecular weight is 667 g/mol. The van der Waals surface area contributed by atoms with Gasteiger partial charge in [0.2, 0.25) is 10.0 Å². The number of hydrogen-bond donors (Lipinski definition) is 0. The van der Waals surface area contributed by atoms with Crippen LogP contribution in [-0.2, 0) is 47.0 Å². The average Bonchev–Trinajstić information content (AvgIpc) is 3.45. The largest absolute Gasteiger partial charge is 0.465 e. The number of nitrogens with zero attached hydrogens (tertiary/aromatic N) is 2. The topological polar surface area (TPSA) is 131 Å². The van der Waals surface area contributed by atoms with Crippen LogP contribution in [0.5, 0.6) is 11.5 Å². The van der Waals surface area contributed by atoms with Gasteiger partial charge < -0.3 is 9.47 Å². The van der Waals surface area contributed by atoms with Crippen LogP contribution in [0, 0.1) is 5.82 Å². The van der Waals surface area contributed by atoms with Gasteiger partial charge in [0.1, 0.15) is 28.6 Å². The molecule has 0 amide bonds. The van der Waals surface area contributed by atoms with E-state index >= 15 is 0 Å². The number of rotatable bonds is 14. The fourth-order valence-electron chi connectivity index (χ4n) is 4.78. The number of fused-ring (bicyclic) bond motifs is 1. The van der Waals surface area contributed by atoms with E-state index in [-0.39, 0.29) is 47.2 Å². The minimum absolute atomic E-state index is 0.0185. The molecule has 3 aromatic carbocycles. The van der Waals surface area contributed by atoms with Gasteiger partial charge in [-0.2, -0.15) is 8.42 Å². The van der Waals surface area contributed by atoms with E-state index in [0.717, 1.165) is 16.1 Å². The number of aryl methyl sites for hydroxylation is 1. The number of pyridine rings is 1. The first kappa shape index (κ1) is 32.8. The minimum Gasteiger partial charge on any atom is -0.465 e. The summed E-state index contributed by atoms with van der Waals surface area (Å²) in [6.07, 6.45) is 2.34. The molecule has 0 aliphatic heterocycles. The highest BCUT2D eigenvalue weighted by Gasteiger charge is 2.22. The van der Waals surface area contributed by atoms with Crippen LogP contribution in [0.4, 0.5) is 4.39 Å². The summed E-state index contributed by atoms with van der Waals surface area (Å²) in [5.74, 6) is -1.84. The van der Waals surface area contributed by atoms with Gasteiger partial charge in [-0.25, -0.2) is 26.6 Å². The van der Waals surface area contributed by atoms with Crippen LogP contribution >= 0.6 is 0 Å².